The zero-order valence-electron chi connectivity index (χ0n) is 26.3. The SMILES string of the molecule is c1ccc(-c2ccc(N(c3ccc(-c4ccc5sc6ccccc6c5c4)cc3)c3ccc(-c4cccc5ccccc45)cc3)cc2)cc1. The molecule has 8 aromatic carbocycles. The molecule has 0 bridgehead atoms. The number of rotatable bonds is 6. The van der Waals surface area contributed by atoms with E-state index in [1.807, 2.05) is 11.3 Å². The maximum Gasteiger partial charge on any atom is 0.0462 e. The van der Waals surface area contributed by atoms with Crippen LogP contribution in [-0.2, 0) is 0 Å². The minimum Gasteiger partial charge on any atom is -0.311 e. The Morgan fingerprint density at radius 3 is 1.52 bits per heavy atom. The van der Waals surface area contributed by atoms with Crippen molar-refractivity contribution in [1.82, 2.24) is 0 Å². The molecule has 0 N–H and O–H groups in total. The summed E-state index contributed by atoms with van der Waals surface area (Å²) in [6, 6.07) is 68.1. The van der Waals surface area contributed by atoms with E-state index in [0.717, 1.165) is 17.1 Å². The van der Waals surface area contributed by atoms with Crippen molar-refractivity contribution in [2.24, 2.45) is 0 Å². The second kappa shape index (κ2) is 12.0. The zero-order valence-corrected chi connectivity index (χ0v) is 27.1. The number of thiophene rings is 1. The highest BCUT2D eigenvalue weighted by atomic mass is 32.1. The summed E-state index contributed by atoms with van der Waals surface area (Å²) in [4.78, 5) is 2.35. The van der Waals surface area contributed by atoms with Gasteiger partial charge in [0, 0.05) is 37.2 Å². The Morgan fingerprint density at radius 1 is 0.312 bits per heavy atom. The molecule has 0 saturated carbocycles. The molecule has 0 atom stereocenters. The Hall–Kier alpha value is -5.96. The molecule has 0 radical (unpaired) electrons. The molecule has 0 saturated heterocycles. The molecule has 226 valence electrons. The lowest BCUT2D eigenvalue weighted by Crippen LogP contribution is -2.09. The largest absolute Gasteiger partial charge is 0.311 e. The van der Waals surface area contributed by atoms with Crippen LogP contribution in [0.15, 0.2) is 188 Å². The minimum atomic E-state index is 1.12. The van der Waals surface area contributed by atoms with Gasteiger partial charge in [0.25, 0.3) is 0 Å². The predicted molar refractivity (Wildman–Crippen MR) is 208 cm³/mol. The summed E-state index contributed by atoms with van der Waals surface area (Å²) >= 11 is 1.86. The van der Waals surface area contributed by atoms with E-state index >= 15 is 0 Å². The van der Waals surface area contributed by atoms with Crippen molar-refractivity contribution in [2.75, 3.05) is 4.90 Å². The van der Waals surface area contributed by atoms with Gasteiger partial charge in [0.15, 0.2) is 0 Å². The van der Waals surface area contributed by atoms with Crippen LogP contribution in [0.3, 0.4) is 0 Å². The Kier molecular flexibility index (Phi) is 7.07. The highest BCUT2D eigenvalue weighted by molar-refractivity contribution is 7.25. The van der Waals surface area contributed by atoms with E-state index in [9.17, 15) is 0 Å². The Labute approximate surface area is 284 Å². The first-order valence-electron chi connectivity index (χ1n) is 16.3. The fourth-order valence-corrected chi connectivity index (χ4v) is 7.94. The molecular formula is C46H31NS. The molecule has 1 heterocycles. The Morgan fingerprint density at radius 2 is 0.812 bits per heavy atom. The minimum absolute atomic E-state index is 1.12. The molecule has 0 aliphatic rings. The number of anilines is 3. The van der Waals surface area contributed by atoms with Gasteiger partial charge in [-0.25, -0.2) is 0 Å². The lowest BCUT2D eigenvalue weighted by Gasteiger charge is -2.26. The van der Waals surface area contributed by atoms with Gasteiger partial charge in [-0.05, 0) is 98.8 Å². The van der Waals surface area contributed by atoms with Crippen LogP contribution >= 0.6 is 11.3 Å². The van der Waals surface area contributed by atoms with Crippen LogP contribution in [-0.4, -0.2) is 0 Å². The Bertz CT molecular complexity index is 2520. The molecule has 0 unspecified atom stereocenters. The van der Waals surface area contributed by atoms with E-state index in [0.29, 0.717) is 0 Å². The molecule has 1 aromatic heterocycles. The molecule has 2 heteroatoms. The van der Waals surface area contributed by atoms with Crippen molar-refractivity contribution in [2.45, 2.75) is 0 Å². The molecule has 9 aromatic rings. The van der Waals surface area contributed by atoms with Crippen molar-refractivity contribution < 1.29 is 0 Å². The van der Waals surface area contributed by atoms with Crippen LogP contribution in [0.4, 0.5) is 17.1 Å². The van der Waals surface area contributed by atoms with Gasteiger partial charge in [-0.15, -0.1) is 11.3 Å². The molecule has 0 aliphatic heterocycles. The highest BCUT2D eigenvalue weighted by Crippen LogP contribution is 2.40. The van der Waals surface area contributed by atoms with Crippen LogP contribution in [0.2, 0.25) is 0 Å². The lowest BCUT2D eigenvalue weighted by molar-refractivity contribution is 1.28. The van der Waals surface area contributed by atoms with E-state index in [1.54, 1.807) is 0 Å². The number of hydrogen-bond donors (Lipinski definition) is 0. The standard InChI is InChI=1S/C46H31NS/c1-2-9-32(10-3-1)33-17-24-38(25-18-33)47(40-28-21-36(22-29-40)42-15-8-12-35-11-4-5-13-41(35)42)39-26-19-34(20-27-39)37-23-30-46-44(31-37)43-14-6-7-16-45(43)48-46/h1-31H. The third-order valence-corrected chi connectivity index (χ3v) is 10.4. The Balaban J connectivity index is 1.10. The number of fused-ring (bicyclic) bond motifs is 4. The van der Waals surface area contributed by atoms with E-state index in [2.05, 4.69) is 193 Å². The monoisotopic (exact) mass is 629 g/mol. The molecule has 48 heavy (non-hydrogen) atoms. The molecule has 0 aliphatic carbocycles. The zero-order chi connectivity index (χ0) is 31.9. The van der Waals surface area contributed by atoms with E-state index in [4.69, 9.17) is 0 Å². The van der Waals surface area contributed by atoms with Gasteiger partial charge in [0.1, 0.15) is 0 Å². The van der Waals surface area contributed by atoms with E-state index in [-0.39, 0.29) is 0 Å². The topological polar surface area (TPSA) is 3.24 Å². The maximum absolute atomic E-state index is 2.35. The molecule has 9 rings (SSSR count). The predicted octanol–water partition coefficient (Wildman–Crippen LogP) is 13.7. The van der Waals surface area contributed by atoms with Gasteiger partial charge in [-0.3, -0.25) is 0 Å². The summed E-state index contributed by atoms with van der Waals surface area (Å²) in [5, 5.41) is 5.17. The summed E-state index contributed by atoms with van der Waals surface area (Å²) in [5.74, 6) is 0. The van der Waals surface area contributed by atoms with Crippen LogP contribution in [0, 0.1) is 0 Å². The van der Waals surface area contributed by atoms with Gasteiger partial charge >= 0.3 is 0 Å². The third kappa shape index (κ3) is 5.13. The van der Waals surface area contributed by atoms with Gasteiger partial charge in [0.05, 0.1) is 0 Å². The van der Waals surface area contributed by atoms with Crippen molar-refractivity contribution in [3.63, 3.8) is 0 Å². The second-order valence-corrected chi connectivity index (χ2v) is 13.3. The van der Waals surface area contributed by atoms with Crippen LogP contribution in [0.25, 0.3) is 64.3 Å². The van der Waals surface area contributed by atoms with Gasteiger partial charge in [0.2, 0.25) is 0 Å². The first-order chi connectivity index (χ1) is 23.8. The molecule has 0 spiro atoms. The quantitative estimate of drug-likeness (QED) is 0.177. The van der Waals surface area contributed by atoms with Gasteiger partial charge < -0.3 is 4.90 Å². The summed E-state index contributed by atoms with van der Waals surface area (Å²) in [7, 11) is 0. The van der Waals surface area contributed by atoms with Crippen molar-refractivity contribution in [3.8, 4) is 33.4 Å². The fraction of sp³-hybridized carbons (Fsp3) is 0. The molecule has 0 fully saturated rings. The average Bonchev–Trinajstić information content (AvgIpc) is 3.54. The van der Waals surface area contributed by atoms with Crippen molar-refractivity contribution in [1.29, 1.82) is 0 Å². The normalized spacial score (nSPS) is 11.3. The van der Waals surface area contributed by atoms with Crippen LogP contribution in [0.1, 0.15) is 0 Å². The van der Waals surface area contributed by atoms with Crippen molar-refractivity contribution >= 4 is 59.3 Å². The maximum atomic E-state index is 2.35. The number of hydrogen-bond acceptors (Lipinski definition) is 2. The average molecular weight is 630 g/mol. The highest BCUT2D eigenvalue weighted by Gasteiger charge is 2.15. The molecule has 0 amide bonds. The van der Waals surface area contributed by atoms with Crippen LogP contribution < -0.4 is 4.90 Å². The summed E-state index contributed by atoms with van der Waals surface area (Å²) < 4.78 is 2.66. The van der Waals surface area contributed by atoms with Crippen molar-refractivity contribution in [3.05, 3.63) is 188 Å². The van der Waals surface area contributed by atoms with Gasteiger partial charge in [-0.2, -0.15) is 0 Å². The van der Waals surface area contributed by atoms with Crippen LogP contribution in [0.5, 0.6) is 0 Å². The second-order valence-electron chi connectivity index (χ2n) is 12.2. The first kappa shape index (κ1) is 28.3. The van der Waals surface area contributed by atoms with E-state index < -0.39 is 0 Å². The first-order valence-corrected chi connectivity index (χ1v) is 17.2. The third-order valence-electron chi connectivity index (χ3n) is 9.29. The number of benzene rings is 8. The van der Waals surface area contributed by atoms with Gasteiger partial charge in [-0.1, -0.05) is 133 Å². The number of nitrogens with zero attached hydrogens (tertiary/aromatic N) is 1. The molecular weight excluding hydrogens is 599 g/mol. The summed E-state index contributed by atoms with van der Waals surface area (Å²) in [6.45, 7) is 0. The lowest BCUT2D eigenvalue weighted by atomic mass is 9.98. The summed E-state index contributed by atoms with van der Waals surface area (Å²) in [5.41, 5.74) is 10.7. The fourth-order valence-electron chi connectivity index (χ4n) is 6.86. The van der Waals surface area contributed by atoms with E-state index in [1.165, 1.54) is 64.3 Å². The smallest absolute Gasteiger partial charge is 0.0462 e. The summed E-state index contributed by atoms with van der Waals surface area (Å²) in [6.07, 6.45) is 0. The molecule has 1 nitrogen and oxygen atoms in total.